The first-order chi connectivity index (χ1) is 8.97. The van der Waals surface area contributed by atoms with Gasteiger partial charge in [-0.2, -0.15) is 0 Å². The molecule has 1 atom stereocenters. The zero-order valence-electron chi connectivity index (χ0n) is 11.7. The van der Waals surface area contributed by atoms with Crippen molar-refractivity contribution in [2.45, 2.75) is 39.0 Å². The Bertz CT molecular complexity index is 599. The molecule has 2 nitrogen and oxygen atoms in total. The van der Waals surface area contributed by atoms with Gasteiger partial charge in [0, 0.05) is 0 Å². The molecule has 0 bridgehead atoms. The van der Waals surface area contributed by atoms with Gasteiger partial charge in [-0.15, -0.1) is 0 Å². The summed E-state index contributed by atoms with van der Waals surface area (Å²) in [7, 11) is 0. The number of carboxylic acids is 1. The van der Waals surface area contributed by atoms with Crippen LogP contribution in [0.4, 0.5) is 0 Å². The van der Waals surface area contributed by atoms with Gasteiger partial charge in [0.25, 0.3) is 0 Å². The van der Waals surface area contributed by atoms with Gasteiger partial charge in [0.1, 0.15) is 0 Å². The molecule has 100 valence electrons. The first-order valence-electron chi connectivity index (χ1n) is 6.73. The second-order valence-corrected chi connectivity index (χ2v) is 5.52. The van der Waals surface area contributed by atoms with Crippen LogP contribution in [0.1, 0.15) is 50.2 Å². The average molecular weight is 256 g/mol. The lowest BCUT2D eigenvalue weighted by molar-refractivity contribution is -0.137. The number of hydrogen-bond acceptors (Lipinski definition) is 1. The largest absolute Gasteiger partial charge is 0.481 e. The third kappa shape index (κ3) is 3.14. The fraction of sp³-hybridized carbons (Fsp3) is 0.353. The standard InChI is InChI=1S/C17H20O2/c1-11(2)13-4-6-16-10-14(5-7-15(16)9-13)12(3)8-17(18)19/h4-7,9-12H,8H2,1-3H3,(H,18,19). The Kier molecular flexibility index (Phi) is 3.89. The van der Waals surface area contributed by atoms with Gasteiger partial charge in [-0.1, -0.05) is 57.2 Å². The summed E-state index contributed by atoms with van der Waals surface area (Å²) in [5.74, 6) is -0.176. The molecule has 1 N–H and O–H groups in total. The first-order valence-corrected chi connectivity index (χ1v) is 6.73. The normalized spacial score (nSPS) is 12.8. The summed E-state index contributed by atoms with van der Waals surface area (Å²) in [6.07, 6.45) is 0.176. The Balaban J connectivity index is 2.36. The van der Waals surface area contributed by atoms with E-state index in [1.54, 1.807) is 0 Å². The molecule has 0 saturated carbocycles. The Morgan fingerprint density at radius 1 is 1.00 bits per heavy atom. The van der Waals surface area contributed by atoms with E-state index in [0.717, 1.165) is 5.56 Å². The smallest absolute Gasteiger partial charge is 0.303 e. The lowest BCUT2D eigenvalue weighted by Gasteiger charge is -2.12. The van der Waals surface area contributed by atoms with E-state index in [2.05, 4.69) is 44.2 Å². The van der Waals surface area contributed by atoms with Gasteiger partial charge in [0.05, 0.1) is 6.42 Å². The second kappa shape index (κ2) is 5.43. The summed E-state index contributed by atoms with van der Waals surface area (Å²) in [6.45, 7) is 6.33. The van der Waals surface area contributed by atoms with Gasteiger partial charge in [-0.25, -0.2) is 0 Å². The van der Waals surface area contributed by atoms with Crippen molar-refractivity contribution >= 4 is 16.7 Å². The second-order valence-electron chi connectivity index (χ2n) is 5.52. The number of fused-ring (bicyclic) bond motifs is 1. The van der Waals surface area contributed by atoms with E-state index in [0.29, 0.717) is 5.92 Å². The molecule has 2 heteroatoms. The molecule has 0 saturated heterocycles. The number of rotatable bonds is 4. The Hall–Kier alpha value is -1.83. The summed E-state index contributed by atoms with van der Waals surface area (Å²) in [4.78, 5) is 10.8. The summed E-state index contributed by atoms with van der Waals surface area (Å²) in [6, 6.07) is 12.7. The monoisotopic (exact) mass is 256 g/mol. The van der Waals surface area contributed by atoms with Crippen molar-refractivity contribution in [3.63, 3.8) is 0 Å². The summed E-state index contributed by atoms with van der Waals surface area (Å²) in [5, 5.41) is 11.3. The molecule has 2 aromatic carbocycles. The van der Waals surface area contributed by atoms with Crippen LogP contribution >= 0.6 is 0 Å². The number of aliphatic carboxylic acids is 1. The van der Waals surface area contributed by atoms with Crippen molar-refractivity contribution in [3.8, 4) is 0 Å². The minimum atomic E-state index is -0.747. The van der Waals surface area contributed by atoms with E-state index >= 15 is 0 Å². The molecular weight excluding hydrogens is 236 g/mol. The van der Waals surface area contributed by atoms with Crippen LogP contribution < -0.4 is 0 Å². The summed E-state index contributed by atoms with van der Waals surface area (Å²) < 4.78 is 0. The van der Waals surface area contributed by atoms with Crippen molar-refractivity contribution in [2.24, 2.45) is 0 Å². The Morgan fingerprint density at radius 2 is 1.53 bits per heavy atom. The highest BCUT2D eigenvalue weighted by molar-refractivity contribution is 5.84. The number of carboxylic acid groups (broad SMARTS) is 1. The molecule has 1 unspecified atom stereocenters. The minimum absolute atomic E-state index is 0.0478. The van der Waals surface area contributed by atoms with Crippen LogP contribution in [0.3, 0.4) is 0 Å². The van der Waals surface area contributed by atoms with Gasteiger partial charge in [-0.05, 0) is 33.7 Å². The Labute approximate surface area is 114 Å². The van der Waals surface area contributed by atoms with Gasteiger partial charge < -0.3 is 5.11 Å². The third-order valence-corrected chi connectivity index (χ3v) is 3.60. The van der Waals surface area contributed by atoms with Crippen molar-refractivity contribution in [2.75, 3.05) is 0 Å². The fourth-order valence-electron chi connectivity index (χ4n) is 2.33. The Morgan fingerprint density at radius 3 is 2.05 bits per heavy atom. The lowest BCUT2D eigenvalue weighted by atomic mass is 9.93. The maximum Gasteiger partial charge on any atom is 0.303 e. The van der Waals surface area contributed by atoms with Gasteiger partial charge in [-0.3, -0.25) is 4.79 Å². The van der Waals surface area contributed by atoms with E-state index in [4.69, 9.17) is 5.11 Å². The molecule has 0 fully saturated rings. The maximum atomic E-state index is 10.8. The molecule has 0 amide bonds. The highest BCUT2D eigenvalue weighted by atomic mass is 16.4. The topological polar surface area (TPSA) is 37.3 Å². The molecule has 19 heavy (non-hydrogen) atoms. The third-order valence-electron chi connectivity index (χ3n) is 3.60. The highest BCUT2D eigenvalue weighted by Gasteiger charge is 2.10. The van der Waals surface area contributed by atoms with Crippen LogP contribution in [-0.4, -0.2) is 11.1 Å². The van der Waals surface area contributed by atoms with Crippen molar-refractivity contribution in [1.82, 2.24) is 0 Å². The zero-order chi connectivity index (χ0) is 14.0. The summed E-state index contributed by atoms with van der Waals surface area (Å²) in [5.41, 5.74) is 2.42. The first kappa shape index (κ1) is 13.6. The number of hydrogen-bond donors (Lipinski definition) is 1. The zero-order valence-corrected chi connectivity index (χ0v) is 11.7. The van der Waals surface area contributed by atoms with Crippen LogP contribution in [0.25, 0.3) is 10.8 Å². The van der Waals surface area contributed by atoms with Gasteiger partial charge >= 0.3 is 5.97 Å². The van der Waals surface area contributed by atoms with Gasteiger partial charge in [0.15, 0.2) is 0 Å². The summed E-state index contributed by atoms with van der Waals surface area (Å²) >= 11 is 0. The number of carbonyl (C=O) groups is 1. The van der Waals surface area contributed by atoms with Crippen LogP contribution in [-0.2, 0) is 4.79 Å². The predicted molar refractivity (Wildman–Crippen MR) is 78.7 cm³/mol. The van der Waals surface area contributed by atoms with Crippen LogP contribution in [0.15, 0.2) is 36.4 Å². The van der Waals surface area contributed by atoms with Gasteiger partial charge in [0.2, 0.25) is 0 Å². The molecule has 0 aliphatic heterocycles. The van der Waals surface area contributed by atoms with Crippen molar-refractivity contribution in [1.29, 1.82) is 0 Å². The molecule has 2 rings (SSSR count). The maximum absolute atomic E-state index is 10.8. The lowest BCUT2D eigenvalue weighted by Crippen LogP contribution is -2.02. The molecule has 0 aliphatic carbocycles. The fourth-order valence-corrected chi connectivity index (χ4v) is 2.33. The van der Waals surface area contributed by atoms with E-state index < -0.39 is 5.97 Å². The molecule has 2 aromatic rings. The van der Waals surface area contributed by atoms with Crippen LogP contribution in [0.5, 0.6) is 0 Å². The van der Waals surface area contributed by atoms with E-state index in [9.17, 15) is 4.79 Å². The van der Waals surface area contributed by atoms with E-state index in [1.165, 1.54) is 16.3 Å². The quantitative estimate of drug-likeness (QED) is 0.871. The highest BCUT2D eigenvalue weighted by Crippen LogP contribution is 2.26. The average Bonchev–Trinajstić information content (AvgIpc) is 2.36. The van der Waals surface area contributed by atoms with E-state index in [1.807, 2.05) is 13.0 Å². The molecule has 0 radical (unpaired) electrons. The molecular formula is C17H20O2. The molecule has 0 aromatic heterocycles. The number of benzene rings is 2. The molecule has 0 aliphatic rings. The van der Waals surface area contributed by atoms with Crippen molar-refractivity contribution in [3.05, 3.63) is 47.5 Å². The minimum Gasteiger partial charge on any atom is -0.481 e. The van der Waals surface area contributed by atoms with Crippen molar-refractivity contribution < 1.29 is 9.90 Å². The molecule has 0 heterocycles. The predicted octanol–water partition coefficient (Wildman–Crippen LogP) is 4.54. The SMILES string of the molecule is CC(C)c1ccc2cc(C(C)CC(=O)O)ccc2c1. The van der Waals surface area contributed by atoms with E-state index in [-0.39, 0.29) is 12.3 Å². The molecule has 0 spiro atoms. The van der Waals surface area contributed by atoms with Crippen LogP contribution in [0.2, 0.25) is 0 Å². The van der Waals surface area contributed by atoms with Crippen LogP contribution in [0, 0.1) is 0 Å².